The summed E-state index contributed by atoms with van der Waals surface area (Å²) in [5, 5.41) is 13.6. The Morgan fingerprint density at radius 3 is 2.69 bits per heavy atom. The van der Waals surface area contributed by atoms with E-state index < -0.39 is 0 Å². The maximum atomic E-state index is 12.8. The number of hydrogen-bond donors (Lipinski definition) is 0. The van der Waals surface area contributed by atoms with E-state index in [1.54, 1.807) is 0 Å². The lowest BCUT2D eigenvalue weighted by atomic mass is 10.1. The van der Waals surface area contributed by atoms with Gasteiger partial charge in [0.2, 0.25) is 0 Å². The minimum absolute atomic E-state index is 0.0240. The van der Waals surface area contributed by atoms with Gasteiger partial charge in [0.1, 0.15) is 10.7 Å². The van der Waals surface area contributed by atoms with Gasteiger partial charge in [0.25, 0.3) is 5.91 Å². The summed E-state index contributed by atoms with van der Waals surface area (Å²) in [6.45, 7) is 3.65. The highest BCUT2D eigenvalue weighted by atomic mass is 35.5. The van der Waals surface area contributed by atoms with Crippen LogP contribution in [0.4, 0.5) is 0 Å². The number of aromatic nitrogens is 4. The van der Waals surface area contributed by atoms with Gasteiger partial charge in [0.15, 0.2) is 11.0 Å². The Balaban J connectivity index is 1.44. The number of halogens is 2. The molecule has 0 radical (unpaired) electrons. The van der Waals surface area contributed by atoms with E-state index in [1.165, 1.54) is 29.5 Å². The standard InChI is InChI=1S/C25H23Cl2N5OS2/c1-16-9-10-17(26)13-21(16)32-23(18-7-3-4-8-19(18)27)29-30-25(32)35-15-22-28-20(14-34-22)24(33)31-11-5-2-6-12-31/h3-4,7-10,13-14H,2,5-6,11-12,15H2,1H3. The van der Waals surface area contributed by atoms with E-state index in [2.05, 4.69) is 15.2 Å². The molecule has 2 aromatic heterocycles. The summed E-state index contributed by atoms with van der Waals surface area (Å²) in [5.41, 5.74) is 3.24. The minimum Gasteiger partial charge on any atom is -0.337 e. The molecule has 4 aromatic rings. The SMILES string of the molecule is Cc1ccc(Cl)cc1-n1c(SCc2nc(C(=O)N3CCCCC3)cs2)nnc1-c1ccccc1Cl. The number of benzene rings is 2. The maximum absolute atomic E-state index is 12.8. The van der Waals surface area contributed by atoms with E-state index in [4.69, 9.17) is 23.2 Å². The summed E-state index contributed by atoms with van der Waals surface area (Å²) in [6.07, 6.45) is 3.31. The summed E-state index contributed by atoms with van der Waals surface area (Å²) in [6, 6.07) is 13.3. The highest BCUT2D eigenvalue weighted by Gasteiger charge is 2.22. The van der Waals surface area contributed by atoms with E-state index in [1.807, 2.05) is 64.2 Å². The highest BCUT2D eigenvalue weighted by Crippen LogP contribution is 2.35. The van der Waals surface area contributed by atoms with Crippen LogP contribution in [-0.4, -0.2) is 43.6 Å². The topological polar surface area (TPSA) is 63.9 Å². The van der Waals surface area contributed by atoms with Crippen molar-refractivity contribution in [1.82, 2.24) is 24.6 Å². The average Bonchev–Trinajstić information content (AvgIpc) is 3.52. The predicted molar refractivity (Wildman–Crippen MR) is 143 cm³/mol. The lowest BCUT2D eigenvalue weighted by Crippen LogP contribution is -2.35. The van der Waals surface area contributed by atoms with Crippen LogP contribution in [0, 0.1) is 6.92 Å². The van der Waals surface area contributed by atoms with E-state index in [9.17, 15) is 4.79 Å². The number of carbonyl (C=O) groups is 1. The Hall–Kier alpha value is -2.39. The fourth-order valence-electron chi connectivity index (χ4n) is 4.08. The summed E-state index contributed by atoms with van der Waals surface area (Å²) in [5.74, 6) is 1.23. The number of thiazole rings is 1. The quantitative estimate of drug-likeness (QED) is 0.247. The van der Waals surface area contributed by atoms with Crippen molar-refractivity contribution in [3.05, 3.63) is 74.2 Å². The van der Waals surface area contributed by atoms with Crippen molar-refractivity contribution in [3.63, 3.8) is 0 Å². The second-order valence-electron chi connectivity index (χ2n) is 8.32. The third-order valence-corrected chi connectivity index (χ3v) is 8.44. The van der Waals surface area contributed by atoms with Crippen molar-refractivity contribution in [2.24, 2.45) is 0 Å². The fourth-order valence-corrected chi connectivity index (χ4v) is 6.20. The van der Waals surface area contributed by atoms with Crippen LogP contribution in [-0.2, 0) is 5.75 Å². The van der Waals surface area contributed by atoms with Crippen LogP contribution in [0.25, 0.3) is 17.1 Å². The Morgan fingerprint density at radius 1 is 1.09 bits per heavy atom. The lowest BCUT2D eigenvalue weighted by Gasteiger charge is -2.25. The molecule has 180 valence electrons. The van der Waals surface area contributed by atoms with Crippen LogP contribution in [0.1, 0.15) is 40.3 Å². The van der Waals surface area contributed by atoms with Gasteiger partial charge < -0.3 is 4.90 Å². The first-order valence-electron chi connectivity index (χ1n) is 11.3. The second kappa shape index (κ2) is 10.7. The molecule has 1 aliphatic rings. The molecule has 2 aromatic carbocycles. The third-order valence-electron chi connectivity index (χ3n) is 5.90. The summed E-state index contributed by atoms with van der Waals surface area (Å²) < 4.78 is 1.99. The molecule has 0 aliphatic carbocycles. The number of piperidine rings is 1. The molecule has 1 fully saturated rings. The van der Waals surface area contributed by atoms with Crippen LogP contribution in [0.15, 0.2) is 53.0 Å². The molecule has 1 saturated heterocycles. The number of amides is 1. The predicted octanol–water partition coefficient (Wildman–Crippen LogP) is 6.92. The zero-order valence-electron chi connectivity index (χ0n) is 19.1. The van der Waals surface area contributed by atoms with Gasteiger partial charge in [0.05, 0.1) is 16.5 Å². The van der Waals surface area contributed by atoms with Crippen molar-refractivity contribution in [1.29, 1.82) is 0 Å². The smallest absolute Gasteiger partial charge is 0.273 e. The maximum Gasteiger partial charge on any atom is 0.273 e. The van der Waals surface area contributed by atoms with Crippen LogP contribution in [0.2, 0.25) is 10.0 Å². The number of aryl methyl sites for hydroxylation is 1. The molecular weight excluding hydrogens is 521 g/mol. The van der Waals surface area contributed by atoms with Gasteiger partial charge in [-0.15, -0.1) is 21.5 Å². The molecule has 0 saturated carbocycles. The molecule has 0 unspecified atom stereocenters. The van der Waals surface area contributed by atoms with Crippen molar-refractivity contribution in [3.8, 4) is 17.1 Å². The Morgan fingerprint density at radius 2 is 1.89 bits per heavy atom. The minimum atomic E-state index is 0.0240. The highest BCUT2D eigenvalue weighted by molar-refractivity contribution is 7.98. The van der Waals surface area contributed by atoms with Gasteiger partial charge in [-0.3, -0.25) is 9.36 Å². The zero-order valence-corrected chi connectivity index (χ0v) is 22.2. The van der Waals surface area contributed by atoms with Crippen molar-refractivity contribution < 1.29 is 4.79 Å². The van der Waals surface area contributed by atoms with Gasteiger partial charge in [-0.2, -0.15) is 0 Å². The normalized spacial score (nSPS) is 13.9. The molecule has 0 bridgehead atoms. The van der Waals surface area contributed by atoms with E-state index in [-0.39, 0.29) is 5.91 Å². The molecule has 0 spiro atoms. The number of hydrogen-bond acceptors (Lipinski definition) is 6. The van der Waals surface area contributed by atoms with Crippen LogP contribution < -0.4 is 0 Å². The summed E-state index contributed by atoms with van der Waals surface area (Å²) in [7, 11) is 0. The molecule has 3 heterocycles. The Kier molecular flexibility index (Phi) is 7.43. The van der Waals surface area contributed by atoms with E-state index in [0.29, 0.717) is 32.5 Å². The number of thioether (sulfide) groups is 1. The summed E-state index contributed by atoms with van der Waals surface area (Å²) >= 11 is 15.9. The third kappa shape index (κ3) is 5.26. The first-order valence-corrected chi connectivity index (χ1v) is 14.0. The molecular formula is C25H23Cl2N5OS2. The van der Waals surface area contributed by atoms with Crippen LogP contribution >= 0.6 is 46.3 Å². The molecule has 35 heavy (non-hydrogen) atoms. The van der Waals surface area contributed by atoms with Gasteiger partial charge in [-0.25, -0.2) is 4.98 Å². The van der Waals surface area contributed by atoms with E-state index >= 15 is 0 Å². The number of likely N-dealkylation sites (tertiary alicyclic amines) is 1. The first-order chi connectivity index (χ1) is 17.0. The number of carbonyl (C=O) groups excluding carboxylic acids is 1. The van der Waals surface area contributed by atoms with Gasteiger partial charge in [-0.05, 0) is 56.0 Å². The molecule has 10 heteroatoms. The average molecular weight is 545 g/mol. The molecule has 5 rings (SSSR count). The molecule has 0 atom stereocenters. The zero-order chi connectivity index (χ0) is 24.4. The lowest BCUT2D eigenvalue weighted by molar-refractivity contribution is 0.0719. The van der Waals surface area contributed by atoms with Crippen molar-refractivity contribution in [2.75, 3.05) is 13.1 Å². The molecule has 0 N–H and O–H groups in total. The van der Waals surface area contributed by atoms with E-state index in [0.717, 1.165) is 47.8 Å². The Bertz CT molecular complexity index is 1360. The monoisotopic (exact) mass is 543 g/mol. The molecule has 6 nitrogen and oxygen atoms in total. The number of rotatable bonds is 6. The Labute approximate surface area is 222 Å². The van der Waals surface area contributed by atoms with Gasteiger partial charge in [0, 0.05) is 29.1 Å². The largest absolute Gasteiger partial charge is 0.337 e. The second-order valence-corrected chi connectivity index (χ2v) is 11.0. The van der Waals surface area contributed by atoms with Gasteiger partial charge >= 0.3 is 0 Å². The molecule has 1 amide bonds. The first kappa shape index (κ1) is 24.3. The molecule has 1 aliphatic heterocycles. The van der Waals surface area contributed by atoms with Crippen molar-refractivity contribution >= 4 is 52.2 Å². The van der Waals surface area contributed by atoms with Gasteiger partial charge in [-0.1, -0.05) is 53.2 Å². The van der Waals surface area contributed by atoms with Crippen molar-refractivity contribution in [2.45, 2.75) is 37.1 Å². The fraction of sp³-hybridized carbons (Fsp3) is 0.280. The number of nitrogens with zero attached hydrogens (tertiary/aromatic N) is 5. The summed E-state index contributed by atoms with van der Waals surface area (Å²) in [4.78, 5) is 19.3. The van der Waals surface area contributed by atoms with Crippen LogP contribution in [0.3, 0.4) is 0 Å². The van der Waals surface area contributed by atoms with Crippen LogP contribution in [0.5, 0.6) is 0 Å².